The number of nitrogens with one attached hydrogen (secondary N) is 1. The number of nitrogens with zero attached hydrogens (tertiary/aromatic N) is 2. The number of rotatable bonds is 5. The summed E-state index contributed by atoms with van der Waals surface area (Å²) in [6, 6.07) is 1.45. The third-order valence-electron chi connectivity index (χ3n) is 5.18. The number of carbonyl (C=O) groups is 5. The summed E-state index contributed by atoms with van der Waals surface area (Å²) in [4.78, 5) is 61.3. The second-order valence-corrected chi connectivity index (χ2v) is 7.03. The molecular weight excluding hydrogens is 369 g/mol. The van der Waals surface area contributed by atoms with E-state index in [1.165, 1.54) is 19.1 Å². The fourth-order valence-electron chi connectivity index (χ4n) is 3.60. The first kappa shape index (κ1) is 19.7. The lowest BCUT2D eigenvalue weighted by Gasteiger charge is -2.29. The van der Waals surface area contributed by atoms with Gasteiger partial charge in [0.05, 0.1) is 5.69 Å². The van der Waals surface area contributed by atoms with Crippen LogP contribution >= 0.6 is 0 Å². The smallest absolute Gasteiger partial charge is 0.261 e. The van der Waals surface area contributed by atoms with Crippen LogP contribution in [0.15, 0.2) is 12.1 Å². The number of piperidine rings is 1. The quantitative estimate of drug-likeness (QED) is 0.583. The lowest BCUT2D eigenvalue weighted by molar-refractivity contribution is -0.139. The van der Waals surface area contributed by atoms with Crippen LogP contribution in [-0.4, -0.2) is 54.4 Å². The van der Waals surface area contributed by atoms with Crippen LogP contribution in [-0.2, 0) is 19.2 Å². The van der Waals surface area contributed by atoms with E-state index < -0.39 is 29.6 Å². The van der Waals surface area contributed by atoms with Crippen molar-refractivity contribution < 1.29 is 28.4 Å². The zero-order chi connectivity index (χ0) is 20.4. The average molecular weight is 389 g/mol. The molecule has 0 aliphatic carbocycles. The van der Waals surface area contributed by atoms with E-state index in [1.807, 2.05) is 0 Å². The molecule has 148 valence electrons. The summed E-state index contributed by atoms with van der Waals surface area (Å²) in [6.45, 7) is 2.36. The summed E-state index contributed by atoms with van der Waals surface area (Å²) >= 11 is 0. The fraction of sp³-hybridized carbons (Fsp3) is 0.421. The highest BCUT2D eigenvalue weighted by atomic mass is 19.1. The molecule has 1 N–H and O–H groups in total. The predicted molar refractivity (Wildman–Crippen MR) is 95.9 cm³/mol. The van der Waals surface area contributed by atoms with Gasteiger partial charge in [-0.05, 0) is 37.5 Å². The average Bonchev–Trinajstić information content (AvgIpc) is 3.13. The summed E-state index contributed by atoms with van der Waals surface area (Å²) in [7, 11) is 0. The Balaban J connectivity index is 1.91. The molecule has 2 aliphatic rings. The van der Waals surface area contributed by atoms with Gasteiger partial charge in [0.15, 0.2) is 0 Å². The molecule has 8 nitrogen and oxygen atoms in total. The van der Waals surface area contributed by atoms with Gasteiger partial charge in [-0.15, -0.1) is 0 Å². The Morgan fingerprint density at radius 2 is 2.04 bits per heavy atom. The molecule has 2 heterocycles. The van der Waals surface area contributed by atoms with Gasteiger partial charge in [-0.1, -0.05) is 0 Å². The maximum Gasteiger partial charge on any atom is 0.261 e. The Kier molecular flexibility index (Phi) is 5.53. The molecular formula is C19H20FN3O5. The molecule has 3 rings (SSSR count). The molecule has 2 unspecified atom stereocenters. The number of benzene rings is 1. The number of aldehydes is 1. The number of aryl methyl sites for hydroxylation is 1. The first-order valence-electron chi connectivity index (χ1n) is 8.97. The van der Waals surface area contributed by atoms with E-state index in [4.69, 9.17) is 0 Å². The number of halogens is 1. The van der Waals surface area contributed by atoms with Crippen LogP contribution in [0.3, 0.4) is 0 Å². The zero-order valence-electron chi connectivity index (χ0n) is 15.3. The van der Waals surface area contributed by atoms with E-state index in [1.54, 1.807) is 4.90 Å². The van der Waals surface area contributed by atoms with Crippen LogP contribution in [0, 0.1) is 18.7 Å². The van der Waals surface area contributed by atoms with E-state index >= 15 is 0 Å². The monoisotopic (exact) mass is 389 g/mol. The molecule has 28 heavy (non-hydrogen) atoms. The van der Waals surface area contributed by atoms with Crippen molar-refractivity contribution in [3.05, 3.63) is 29.1 Å². The fourth-order valence-corrected chi connectivity index (χ4v) is 3.60. The molecule has 0 spiro atoms. The van der Waals surface area contributed by atoms with Crippen molar-refractivity contribution in [2.45, 2.75) is 32.2 Å². The molecule has 0 bridgehead atoms. The lowest BCUT2D eigenvalue weighted by atomic mass is 10.0. The van der Waals surface area contributed by atoms with Crippen molar-refractivity contribution in [3.63, 3.8) is 0 Å². The largest absolute Gasteiger partial charge is 0.368 e. The van der Waals surface area contributed by atoms with Gasteiger partial charge in [-0.3, -0.25) is 29.4 Å². The van der Waals surface area contributed by atoms with Crippen LogP contribution in [0.1, 0.15) is 35.2 Å². The molecule has 0 aromatic heterocycles. The van der Waals surface area contributed by atoms with Gasteiger partial charge < -0.3 is 9.69 Å². The van der Waals surface area contributed by atoms with Gasteiger partial charge in [0, 0.05) is 31.0 Å². The number of hydrogen-bond donors (Lipinski definition) is 1. The number of hydrogen-bond acceptors (Lipinski definition) is 6. The molecule has 2 fully saturated rings. The number of carbonyl (C=O) groups excluding carboxylic acids is 5. The predicted octanol–water partition coefficient (Wildman–Crippen LogP) is 0.563. The summed E-state index contributed by atoms with van der Waals surface area (Å²) in [5.74, 6) is -2.65. The highest BCUT2D eigenvalue weighted by molar-refractivity contribution is 6.07. The van der Waals surface area contributed by atoms with E-state index in [0.29, 0.717) is 25.1 Å². The van der Waals surface area contributed by atoms with Crippen molar-refractivity contribution in [2.75, 3.05) is 18.0 Å². The second kappa shape index (κ2) is 7.87. The summed E-state index contributed by atoms with van der Waals surface area (Å²) in [5, 5.41) is 2.11. The minimum absolute atomic E-state index is 0.0164. The van der Waals surface area contributed by atoms with Crippen LogP contribution in [0.2, 0.25) is 0 Å². The molecule has 1 aromatic rings. The molecule has 2 saturated heterocycles. The molecule has 4 amide bonds. The topological polar surface area (TPSA) is 104 Å². The van der Waals surface area contributed by atoms with Crippen molar-refractivity contribution in [3.8, 4) is 0 Å². The van der Waals surface area contributed by atoms with E-state index in [2.05, 4.69) is 5.32 Å². The third kappa shape index (κ3) is 3.64. The number of imide groups is 2. The van der Waals surface area contributed by atoms with Gasteiger partial charge in [0.25, 0.3) is 5.91 Å². The van der Waals surface area contributed by atoms with Crippen LogP contribution in [0.5, 0.6) is 0 Å². The SMILES string of the molecule is Cc1cc(F)c(N2CCC(C=O)C2)cc1C(=O)N(C=O)C1CCC(=O)NC1=O. The molecule has 0 saturated carbocycles. The van der Waals surface area contributed by atoms with Gasteiger partial charge in [-0.25, -0.2) is 4.39 Å². The van der Waals surface area contributed by atoms with Crippen molar-refractivity contribution in [2.24, 2.45) is 5.92 Å². The molecule has 2 atom stereocenters. The third-order valence-corrected chi connectivity index (χ3v) is 5.18. The molecule has 9 heteroatoms. The Bertz CT molecular complexity index is 856. The van der Waals surface area contributed by atoms with Gasteiger partial charge in [0.2, 0.25) is 18.2 Å². The van der Waals surface area contributed by atoms with E-state index in [9.17, 15) is 28.4 Å². The molecule has 1 aromatic carbocycles. The van der Waals surface area contributed by atoms with E-state index in [0.717, 1.165) is 11.2 Å². The first-order valence-corrected chi connectivity index (χ1v) is 8.97. The van der Waals surface area contributed by atoms with Crippen LogP contribution in [0.25, 0.3) is 0 Å². The summed E-state index contributed by atoms with van der Waals surface area (Å²) < 4.78 is 14.5. The van der Waals surface area contributed by atoms with Gasteiger partial charge in [-0.2, -0.15) is 0 Å². The molecule has 0 radical (unpaired) electrons. The second-order valence-electron chi connectivity index (χ2n) is 7.03. The zero-order valence-corrected chi connectivity index (χ0v) is 15.3. The Labute approximate surface area is 160 Å². The van der Waals surface area contributed by atoms with Crippen LogP contribution < -0.4 is 10.2 Å². The van der Waals surface area contributed by atoms with Crippen LogP contribution in [0.4, 0.5) is 10.1 Å². The molecule has 2 aliphatic heterocycles. The normalized spacial score (nSPS) is 22.0. The lowest BCUT2D eigenvalue weighted by Crippen LogP contribution is -2.54. The minimum Gasteiger partial charge on any atom is -0.368 e. The summed E-state index contributed by atoms with van der Waals surface area (Å²) in [6.07, 6.45) is 1.73. The summed E-state index contributed by atoms with van der Waals surface area (Å²) in [5.41, 5.74) is 0.576. The van der Waals surface area contributed by atoms with Crippen molar-refractivity contribution in [1.29, 1.82) is 0 Å². The highest BCUT2D eigenvalue weighted by Crippen LogP contribution is 2.29. The van der Waals surface area contributed by atoms with Gasteiger partial charge in [0.1, 0.15) is 18.1 Å². The number of anilines is 1. The highest BCUT2D eigenvalue weighted by Gasteiger charge is 2.36. The maximum atomic E-state index is 14.5. The number of amides is 4. The van der Waals surface area contributed by atoms with Gasteiger partial charge >= 0.3 is 0 Å². The van der Waals surface area contributed by atoms with Crippen molar-refractivity contribution in [1.82, 2.24) is 10.2 Å². The minimum atomic E-state index is -1.10. The Morgan fingerprint density at radius 3 is 2.64 bits per heavy atom. The Hall–Kier alpha value is -3.10. The maximum absolute atomic E-state index is 14.5. The first-order chi connectivity index (χ1) is 13.3. The standard InChI is InChI=1S/C19H20FN3O5/c1-11-6-14(20)16(22-5-4-12(8-22)9-24)7-13(11)19(28)23(10-25)15-2-3-17(26)21-18(15)27/h6-7,9-10,12,15H,2-5,8H2,1H3,(H,21,26,27). The van der Waals surface area contributed by atoms with Crippen molar-refractivity contribution >= 4 is 36.1 Å². The Morgan fingerprint density at radius 1 is 1.29 bits per heavy atom. The van der Waals surface area contributed by atoms with E-state index in [-0.39, 0.29) is 36.4 Å².